The van der Waals surface area contributed by atoms with E-state index in [0.29, 0.717) is 22.7 Å². The van der Waals surface area contributed by atoms with Crippen LogP contribution in [0.25, 0.3) is 22.0 Å². The minimum atomic E-state index is -0.316. The van der Waals surface area contributed by atoms with Crippen LogP contribution in [0.1, 0.15) is 57.4 Å². The third kappa shape index (κ3) is 7.45. The van der Waals surface area contributed by atoms with Gasteiger partial charge in [0.15, 0.2) is 0 Å². The van der Waals surface area contributed by atoms with Crippen molar-refractivity contribution in [2.75, 3.05) is 23.1 Å². The van der Waals surface area contributed by atoms with Gasteiger partial charge in [0.2, 0.25) is 5.95 Å². The summed E-state index contributed by atoms with van der Waals surface area (Å²) in [6.07, 6.45) is 11.7. The zero-order valence-corrected chi connectivity index (χ0v) is 24.6. The second-order valence-corrected chi connectivity index (χ2v) is 11.6. The summed E-state index contributed by atoms with van der Waals surface area (Å²) in [5.74, 6) is 0.382. The standard InChI is InChI=1S/C28H28ClFN4S.C4H9N/c1-2-18-14-20(15-21-17-31-28(33-27(18)21)32-22-8-4-3-5-9-22)19-12-13-25(24(30)16-19)34-35-26-11-7-6-10-23(26)29;1-2-4-5-3-1/h6-7,10-17,22,34H,2-5,8-9H2,1H3,(H,31,32,33);5H,1-4H2. The van der Waals surface area contributed by atoms with E-state index >= 15 is 0 Å². The largest absolute Gasteiger partial charge is 0.351 e. The van der Waals surface area contributed by atoms with Crippen molar-refractivity contribution in [3.63, 3.8) is 0 Å². The fourth-order valence-corrected chi connectivity index (χ4v) is 6.14. The summed E-state index contributed by atoms with van der Waals surface area (Å²) in [6.45, 7) is 4.62. The van der Waals surface area contributed by atoms with Crippen LogP contribution >= 0.6 is 23.5 Å². The molecule has 0 radical (unpaired) electrons. The Bertz CT molecular complexity index is 1410. The third-order valence-corrected chi connectivity index (χ3v) is 8.79. The Morgan fingerprint density at radius 2 is 1.77 bits per heavy atom. The van der Waals surface area contributed by atoms with Crippen molar-refractivity contribution in [2.45, 2.75) is 69.2 Å². The SMILES string of the molecule is C1CCNC1.CCc1cc(-c2ccc(NSc3ccccc3Cl)c(F)c2)cc2cnc(NC3CCCCC3)nc12. The molecule has 6 rings (SSSR count). The summed E-state index contributed by atoms with van der Waals surface area (Å²) >= 11 is 7.49. The highest BCUT2D eigenvalue weighted by Crippen LogP contribution is 2.33. The number of anilines is 2. The zero-order chi connectivity index (χ0) is 27.7. The molecule has 1 aliphatic carbocycles. The number of benzene rings is 3. The topological polar surface area (TPSA) is 61.9 Å². The molecule has 8 heteroatoms. The molecule has 1 aliphatic heterocycles. The molecule has 0 spiro atoms. The molecule has 0 unspecified atom stereocenters. The van der Waals surface area contributed by atoms with Crippen LogP contribution in [0.5, 0.6) is 0 Å². The summed E-state index contributed by atoms with van der Waals surface area (Å²) in [5.41, 5.74) is 4.27. The van der Waals surface area contributed by atoms with E-state index in [1.54, 1.807) is 12.1 Å². The molecule has 1 saturated heterocycles. The van der Waals surface area contributed by atoms with Gasteiger partial charge in [-0.05, 0) is 110 Å². The Balaban J connectivity index is 0.000000582. The van der Waals surface area contributed by atoms with Gasteiger partial charge in [-0.1, -0.05) is 56.0 Å². The van der Waals surface area contributed by atoms with Crippen molar-refractivity contribution in [1.82, 2.24) is 15.3 Å². The lowest BCUT2D eigenvalue weighted by molar-refractivity contribution is 0.461. The van der Waals surface area contributed by atoms with Crippen molar-refractivity contribution in [3.05, 3.63) is 77.2 Å². The zero-order valence-electron chi connectivity index (χ0n) is 23.0. The minimum absolute atomic E-state index is 0.316. The molecule has 2 fully saturated rings. The number of halogens is 2. The van der Waals surface area contributed by atoms with Crippen LogP contribution in [0.2, 0.25) is 5.02 Å². The first kappa shape index (κ1) is 28.7. The highest BCUT2D eigenvalue weighted by molar-refractivity contribution is 8.00. The van der Waals surface area contributed by atoms with Gasteiger partial charge in [-0.3, -0.25) is 0 Å². The van der Waals surface area contributed by atoms with Gasteiger partial charge in [-0.25, -0.2) is 14.4 Å². The molecule has 2 aliphatic rings. The predicted molar refractivity (Wildman–Crippen MR) is 168 cm³/mol. The molecule has 40 heavy (non-hydrogen) atoms. The highest BCUT2D eigenvalue weighted by atomic mass is 35.5. The van der Waals surface area contributed by atoms with Crippen LogP contribution < -0.4 is 15.4 Å². The average Bonchev–Trinajstić information content (AvgIpc) is 3.58. The third-order valence-electron chi connectivity index (χ3n) is 7.45. The average molecular weight is 578 g/mol. The number of hydrogen-bond donors (Lipinski definition) is 3. The maximum atomic E-state index is 15.0. The van der Waals surface area contributed by atoms with Gasteiger partial charge >= 0.3 is 0 Å². The summed E-state index contributed by atoms with van der Waals surface area (Å²) in [7, 11) is 0. The van der Waals surface area contributed by atoms with E-state index in [1.807, 2.05) is 42.6 Å². The lowest BCUT2D eigenvalue weighted by Crippen LogP contribution is -2.23. The number of aromatic nitrogens is 2. The molecule has 0 amide bonds. The quantitative estimate of drug-likeness (QED) is 0.191. The van der Waals surface area contributed by atoms with Gasteiger partial charge in [0.05, 0.1) is 16.2 Å². The fraction of sp³-hybridized carbons (Fsp3) is 0.375. The number of nitrogens with one attached hydrogen (secondary N) is 3. The van der Waals surface area contributed by atoms with Crippen LogP contribution in [0.3, 0.4) is 0 Å². The first-order valence-corrected chi connectivity index (χ1v) is 15.5. The van der Waals surface area contributed by atoms with Crippen molar-refractivity contribution < 1.29 is 4.39 Å². The van der Waals surface area contributed by atoms with Gasteiger partial charge in [-0.15, -0.1) is 0 Å². The van der Waals surface area contributed by atoms with E-state index < -0.39 is 0 Å². The first-order valence-electron chi connectivity index (χ1n) is 14.3. The number of rotatable bonds is 7. The van der Waals surface area contributed by atoms with E-state index in [9.17, 15) is 4.39 Å². The second kappa shape index (κ2) is 14.2. The lowest BCUT2D eigenvalue weighted by Gasteiger charge is -2.22. The molecule has 210 valence electrons. The maximum Gasteiger partial charge on any atom is 0.223 e. The van der Waals surface area contributed by atoms with Crippen molar-refractivity contribution in [3.8, 4) is 11.1 Å². The van der Waals surface area contributed by atoms with Gasteiger partial charge in [-0.2, -0.15) is 0 Å². The lowest BCUT2D eigenvalue weighted by atomic mass is 9.96. The van der Waals surface area contributed by atoms with Crippen LogP contribution in [0.4, 0.5) is 16.0 Å². The van der Waals surface area contributed by atoms with E-state index in [0.717, 1.165) is 38.9 Å². The summed E-state index contributed by atoms with van der Waals surface area (Å²) in [6, 6.07) is 17.3. The molecule has 1 saturated carbocycles. The Morgan fingerprint density at radius 1 is 0.975 bits per heavy atom. The van der Waals surface area contributed by atoms with E-state index in [2.05, 4.69) is 33.3 Å². The number of hydrogen-bond acceptors (Lipinski definition) is 6. The van der Waals surface area contributed by atoms with Gasteiger partial charge in [0.25, 0.3) is 0 Å². The van der Waals surface area contributed by atoms with Gasteiger partial charge in [0.1, 0.15) is 5.82 Å². The molecule has 0 atom stereocenters. The Hall–Kier alpha value is -2.87. The molecule has 1 aromatic heterocycles. The second-order valence-electron chi connectivity index (χ2n) is 10.4. The van der Waals surface area contributed by atoms with E-state index in [1.165, 1.54) is 70.0 Å². The smallest absolute Gasteiger partial charge is 0.223 e. The van der Waals surface area contributed by atoms with Crippen LogP contribution in [0.15, 0.2) is 65.7 Å². The van der Waals surface area contributed by atoms with Crippen LogP contribution in [-0.2, 0) is 6.42 Å². The first-order chi connectivity index (χ1) is 19.6. The van der Waals surface area contributed by atoms with E-state index in [4.69, 9.17) is 16.6 Å². The molecular weight excluding hydrogens is 541 g/mol. The molecular formula is C32H37ClFN5S. The molecule has 4 aromatic rings. The number of aryl methyl sites for hydroxylation is 1. The van der Waals surface area contributed by atoms with Crippen molar-refractivity contribution >= 4 is 46.1 Å². The van der Waals surface area contributed by atoms with E-state index in [-0.39, 0.29) is 5.82 Å². The van der Waals surface area contributed by atoms with Crippen molar-refractivity contribution in [2.24, 2.45) is 0 Å². The Kier molecular flexibility index (Phi) is 10.1. The van der Waals surface area contributed by atoms with Gasteiger partial charge in [0, 0.05) is 22.5 Å². The monoisotopic (exact) mass is 577 g/mol. The predicted octanol–water partition coefficient (Wildman–Crippen LogP) is 8.89. The summed E-state index contributed by atoms with van der Waals surface area (Å²) in [4.78, 5) is 10.3. The summed E-state index contributed by atoms with van der Waals surface area (Å²) in [5, 5.41) is 8.34. The molecule has 3 N–H and O–H groups in total. The molecule has 2 heterocycles. The van der Waals surface area contributed by atoms with Crippen molar-refractivity contribution in [1.29, 1.82) is 0 Å². The molecule has 0 bridgehead atoms. The molecule has 5 nitrogen and oxygen atoms in total. The summed E-state index contributed by atoms with van der Waals surface area (Å²) < 4.78 is 18.0. The highest BCUT2D eigenvalue weighted by Gasteiger charge is 2.16. The minimum Gasteiger partial charge on any atom is -0.351 e. The number of fused-ring (bicyclic) bond motifs is 1. The fourth-order valence-electron chi connectivity index (χ4n) is 5.19. The van der Waals surface area contributed by atoms with Crippen LogP contribution in [0, 0.1) is 5.82 Å². The van der Waals surface area contributed by atoms with Gasteiger partial charge < -0.3 is 15.4 Å². The molecule has 3 aromatic carbocycles. The number of nitrogens with zero attached hydrogens (tertiary/aromatic N) is 2. The Morgan fingerprint density at radius 3 is 2.48 bits per heavy atom. The Labute approximate surface area is 245 Å². The maximum absolute atomic E-state index is 15.0. The normalized spacial score (nSPS) is 15.5. The van der Waals surface area contributed by atoms with Crippen LogP contribution in [-0.4, -0.2) is 29.1 Å².